The van der Waals surface area contributed by atoms with Gasteiger partial charge in [0, 0.05) is 11.6 Å². The maximum atomic E-state index is 14.0. The molecule has 0 saturated carbocycles. The van der Waals surface area contributed by atoms with Gasteiger partial charge in [0.05, 0.1) is 6.10 Å². The van der Waals surface area contributed by atoms with Crippen LogP contribution in [0.1, 0.15) is 11.7 Å². The van der Waals surface area contributed by atoms with Crippen LogP contribution in [-0.4, -0.2) is 16.2 Å². The van der Waals surface area contributed by atoms with Crippen molar-refractivity contribution in [3.05, 3.63) is 72.1 Å². The first kappa shape index (κ1) is 14.0. The van der Waals surface area contributed by atoms with Crippen molar-refractivity contribution in [1.82, 2.24) is 0 Å². The summed E-state index contributed by atoms with van der Waals surface area (Å²) in [6.07, 6.45) is 0.776. The molecule has 1 unspecified atom stereocenters. The Hall–Kier alpha value is -2.46. The smallest absolute Gasteiger partial charge is 0.328 e. The van der Waals surface area contributed by atoms with Gasteiger partial charge in [-0.15, -0.1) is 0 Å². The minimum Gasteiger partial charge on any atom is -0.478 e. The lowest BCUT2D eigenvalue weighted by Gasteiger charge is -2.09. The summed E-state index contributed by atoms with van der Waals surface area (Å²) < 4.78 is 14.0. The summed E-state index contributed by atoms with van der Waals surface area (Å²) in [6.45, 7) is 0. The van der Waals surface area contributed by atoms with Gasteiger partial charge in [-0.25, -0.2) is 9.18 Å². The third-order valence-electron chi connectivity index (χ3n) is 2.84. The molecule has 2 N–H and O–H groups in total. The summed E-state index contributed by atoms with van der Waals surface area (Å²) in [5, 5.41) is 18.2. The molecule has 20 heavy (non-hydrogen) atoms. The number of benzene rings is 2. The number of aliphatic hydroxyl groups excluding tert-OH is 1. The third-order valence-corrected chi connectivity index (χ3v) is 2.84. The van der Waals surface area contributed by atoms with Gasteiger partial charge in [0.2, 0.25) is 0 Å². The molecule has 0 heterocycles. The van der Waals surface area contributed by atoms with Crippen LogP contribution in [0.3, 0.4) is 0 Å². The van der Waals surface area contributed by atoms with Crippen LogP contribution in [0, 0.1) is 5.82 Å². The van der Waals surface area contributed by atoms with Crippen LogP contribution in [-0.2, 0) is 4.79 Å². The van der Waals surface area contributed by atoms with Gasteiger partial charge < -0.3 is 10.2 Å². The predicted molar refractivity (Wildman–Crippen MR) is 73.6 cm³/mol. The van der Waals surface area contributed by atoms with Crippen LogP contribution >= 0.6 is 0 Å². The van der Waals surface area contributed by atoms with E-state index >= 15 is 0 Å². The van der Waals surface area contributed by atoms with E-state index in [0.717, 1.165) is 17.7 Å². The lowest BCUT2D eigenvalue weighted by Crippen LogP contribution is -1.97. The minimum atomic E-state index is -1.16. The molecule has 2 aromatic rings. The summed E-state index contributed by atoms with van der Waals surface area (Å²) in [4.78, 5) is 10.4. The zero-order valence-corrected chi connectivity index (χ0v) is 10.5. The molecule has 1 atom stereocenters. The van der Waals surface area contributed by atoms with Crippen LogP contribution in [0.15, 0.2) is 60.7 Å². The summed E-state index contributed by atoms with van der Waals surface area (Å²) in [6, 6.07) is 13.4. The normalized spacial score (nSPS) is 12.5. The number of aliphatic carboxylic acids is 1. The topological polar surface area (TPSA) is 57.5 Å². The largest absolute Gasteiger partial charge is 0.478 e. The Bertz CT molecular complexity index is 635. The Morgan fingerprint density at radius 2 is 1.85 bits per heavy atom. The lowest BCUT2D eigenvalue weighted by atomic mass is 10.0. The summed E-state index contributed by atoms with van der Waals surface area (Å²) >= 11 is 0. The van der Waals surface area contributed by atoms with E-state index in [9.17, 15) is 14.3 Å². The number of carbonyl (C=O) groups is 1. The van der Waals surface area contributed by atoms with Gasteiger partial charge >= 0.3 is 5.97 Å². The average Bonchev–Trinajstić information content (AvgIpc) is 2.45. The second-order valence-corrected chi connectivity index (χ2v) is 4.25. The first-order chi connectivity index (χ1) is 9.58. The number of aliphatic hydroxyl groups is 1. The van der Waals surface area contributed by atoms with Crippen molar-refractivity contribution in [2.75, 3.05) is 0 Å². The van der Waals surface area contributed by atoms with Crippen molar-refractivity contribution >= 4 is 5.97 Å². The Balaban J connectivity index is 2.28. The number of carboxylic acid groups (broad SMARTS) is 1. The van der Waals surface area contributed by atoms with Crippen molar-refractivity contribution in [2.24, 2.45) is 0 Å². The van der Waals surface area contributed by atoms with Gasteiger partial charge in [0.1, 0.15) is 5.82 Å². The van der Waals surface area contributed by atoms with Gasteiger partial charge in [-0.05, 0) is 23.3 Å². The second-order valence-electron chi connectivity index (χ2n) is 4.25. The molecule has 3 nitrogen and oxygen atoms in total. The van der Waals surface area contributed by atoms with Crippen molar-refractivity contribution in [3.8, 4) is 11.1 Å². The minimum absolute atomic E-state index is 0.305. The third kappa shape index (κ3) is 3.30. The zero-order chi connectivity index (χ0) is 14.5. The highest BCUT2D eigenvalue weighted by Gasteiger charge is 2.10. The lowest BCUT2D eigenvalue weighted by molar-refractivity contribution is -0.131. The molecule has 4 heteroatoms. The van der Waals surface area contributed by atoms with E-state index in [2.05, 4.69) is 0 Å². The van der Waals surface area contributed by atoms with E-state index in [4.69, 9.17) is 5.11 Å². The molecule has 0 aromatic heterocycles. The maximum Gasteiger partial charge on any atom is 0.328 e. The molecule has 0 radical (unpaired) electrons. The molecule has 0 aliphatic carbocycles. The number of rotatable bonds is 4. The monoisotopic (exact) mass is 272 g/mol. The molecule has 102 valence electrons. The molecule has 0 fully saturated rings. The van der Waals surface area contributed by atoms with Crippen molar-refractivity contribution < 1.29 is 19.4 Å². The van der Waals surface area contributed by atoms with E-state index < -0.39 is 17.9 Å². The fourth-order valence-corrected chi connectivity index (χ4v) is 1.85. The Labute approximate surface area is 115 Å². The molecular formula is C16H13FO3. The number of hydrogen-bond acceptors (Lipinski definition) is 2. The van der Waals surface area contributed by atoms with Crippen LogP contribution in [0.25, 0.3) is 11.1 Å². The van der Waals surface area contributed by atoms with Gasteiger partial charge in [-0.2, -0.15) is 0 Å². The van der Waals surface area contributed by atoms with E-state index in [0.29, 0.717) is 11.1 Å². The van der Waals surface area contributed by atoms with Crippen molar-refractivity contribution in [2.45, 2.75) is 6.10 Å². The zero-order valence-electron chi connectivity index (χ0n) is 10.5. The van der Waals surface area contributed by atoms with Gasteiger partial charge in [0.25, 0.3) is 0 Å². The van der Waals surface area contributed by atoms with Gasteiger partial charge in [0.15, 0.2) is 0 Å². The van der Waals surface area contributed by atoms with Crippen LogP contribution in [0.4, 0.5) is 4.39 Å². The molecular weight excluding hydrogens is 259 g/mol. The van der Waals surface area contributed by atoms with E-state index in [1.807, 2.05) is 18.2 Å². The van der Waals surface area contributed by atoms with Crippen molar-refractivity contribution in [1.29, 1.82) is 0 Å². The molecule has 0 aliphatic heterocycles. The molecule has 2 rings (SSSR count). The molecule has 0 amide bonds. The Morgan fingerprint density at radius 3 is 2.45 bits per heavy atom. The van der Waals surface area contributed by atoms with Crippen molar-refractivity contribution in [3.63, 3.8) is 0 Å². The first-order valence-corrected chi connectivity index (χ1v) is 6.02. The summed E-state index contributed by atoms with van der Waals surface area (Å²) in [5.74, 6) is -1.62. The van der Waals surface area contributed by atoms with E-state index in [1.165, 1.54) is 6.07 Å². The molecule has 0 spiro atoms. The fraction of sp³-hybridized carbons (Fsp3) is 0.0625. The highest BCUT2D eigenvalue weighted by Crippen LogP contribution is 2.25. The number of carboxylic acids is 1. The van der Waals surface area contributed by atoms with E-state index in [1.54, 1.807) is 24.3 Å². The SMILES string of the molecule is O=C(O)C=CC(O)c1ccc(-c2ccccc2)c(F)c1. The first-order valence-electron chi connectivity index (χ1n) is 6.02. The molecule has 0 saturated heterocycles. The fourth-order valence-electron chi connectivity index (χ4n) is 1.85. The molecule has 0 aliphatic rings. The number of hydrogen-bond donors (Lipinski definition) is 2. The molecule has 0 bridgehead atoms. The molecule has 2 aromatic carbocycles. The van der Waals surface area contributed by atoms with Crippen LogP contribution < -0.4 is 0 Å². The van der Waals surface area contributed by atoms with Gasteiger partial charge in [-0.3, -0.25) is 0 Å². The van der Waals surface area contributed by atoms with Crippen LogP contribution in [0.5, 0.6) is 0 Å². The summed E-state index contributed by atoms with van der Waals surface area (Å²) in [7, 11) is 0. The summed E-state index contributed by atoms with van der Waals surface area (Å²) in [5.41, 5.74) is 1.48. The van der Waals surface area contributed by atoms with Crippen LogP contribution in [0.2, 0.25) is 0 Å². The van der Waals surface area contributed by atoms with E-state index in [-0.39, 0.29) is 0 Å². The number of halogens is 1. The maximum absolute atomic E-state index is 14.0. The Morgan fingerprint density at radius 1 is 1.15 bits per heavy atom. The predicted octanol–water partition coefficient (Wildman–Crippen LogP) is 3.17. The quantitative estimate of drug-likeness (QED) is 0.840. The van der Waals surface area contributed by atoms with Gasteiger partial charge in [-0.1, -0.05) is 42.5 Å². The second kappa shape index (κ2) is 6.12. The average molecular weight is 272 g/mol. The highest BCUT2D eigenvalue weighted by atomic mass is 19.1. The Kier molecular flexibility index (Phi) is 4.27. The standard InChI is InChI=1S/C16H13FO3/c17-14-10-12(15(18)8-9-16(19)20)6-7-13(14)11-4-2-1-3-5-11/h1-10,15,18H,(H,19,20). The highest BCUT2D eigenvalue weighted by molar-refractivity contribution is 5.79.